The van der Waals surface area contributed by atoms with Gasteiger partial charge in [-0.1, -0.05) is 11.6 Å². The molecule has 0 aliphatic heterocycles. The van der Waals surface area contributed by atoms with E-state index in [9.17, 15) is 0 Å². The molecule has 1 heterocycles. The third-order valence-corrected chi connectivity index (χ3v) is 1.25. The summed E-state index contributed by atoms with van der Waals surface area (Å²) in [7, 11) is 0. The molecule has 0 aromatic carbocycles. The monoisotopic (exact) mass is 165 g/mol. The van der Waals surface area contributed by atoms with E-state index in [1.807, 2.05) is 0 Å². The SMILES string of the molecule is N#C/C=C(/Cl)c1ncccn1. The second-order valence-corrected chi connectivity index (χ2v) is 2.10. The van der Waals surface area contributed by atoms with Crippen molar-refractivity contribution in [2.24, 2.45) is 0 Å². The molecule has 1 aromatic rings. The van der Waals surface area contributed by atoms with Crippen LogP contribution in [-0.4, -0.2) is 9.97 Å². The summed E-state index contributed by atoms with van der Waals surface area (Å²) < 4.78 is 0. The Bertz CT molecular complexity index is 299. The first-order valence-corrected chi connectivity index (χ1v) is 3.25. The maximum absolute atomic E-state index is 8.23. The summed E-state index contributed by atoms with van der Waals surface area (Å²) in [4.78, 5) is 7.67. The van der Waals surface area contributed by atoms with Crippen LogP contribution in [0.15, 0.2) is 24.5 Å². The highest BCUT2D eigenvalue weighted by Gasteiger charge is 1.97. The Morgan fingerprint density at radius 3 is 2.73 bits per heavy atom. The van der Waals surface area contributed by atoms with E-state index >= 15 is 0 Å². The van der Waals surface area contributed by atoms with Crippen molar-refractivity contribution in [1.29, 1.82) is 5.26 Å². The summed E-state index contributed by atoms with van der Waals surface area (Å²) in [6.07, 6.45) is 4.32. The molecule has 1 aromatic heterocycles. The van der Waals surface area contributed by atoms with Crippen LogP contribution in [0, 0.1) is 11.3 Å². The smallest absolute Gasteiger partial charge is 0.171 e. The molecule has 4 heteroatoms. The molecular formula is C7H4ClN3. The van der Waals surface area contributed by atoms with E-state index in [0.717, 1.165) is 0 Å². The maximum Gasteiger partial charge on any atom is 0.171 e. The van der Waals surface area contributed by atoms with E-state index < -0.39 is 0 Å². The molecule has 0 radical (unpaired) electrons. The van der Waals surface area contributed by atoms with Crippen molar-refractivity contribution >= 4 is 16.6 Å². The molecular weight excluding hydrogens is 162 g/mol. The summed E-state index contributed by atoms with van der Waals surface area (Å²) >= 11 is 5.62. The molecule has 11 heavy (non-hydrogen) atoms. The Labute approximate surface area is 69.0 Å². The molecule has 0 aliphatic carbocycles. The summed E-state index contributed by atoms with van der Waals surface area (Å²) in [5.74, 6) is 0.371. The molecule has 0 spiro atoms. The van der Waals surface area contributed by atoms with E-state index in [2.05, 4.69) is 9.97 Å². The lowest BCUT2D eigenvalue weighted by atomic mass is 10.5. The number of allylic oxidation sites excluding steroid dienone is 1. The molecule has 0 N–H and O–H groups in total. The second-order valence-electron chi connectivity index (χ2n) is 1.69. The summed E-state index contributed by atoms with van der Waals surface area (Å²) in [6, 6.07) is 3.47. The average Bonchev–Trinajstić information content (AvgIpc) is 2.07. The van der Waals surface area contributed by atoms with Gasteiger partial charge in [-0.2, -0.15) is 5.26 Å². The van der Waals surface area contributed by atoms with Gasteiger partial charge < -0.3 is 0 Å². The van der Waals surface area contributed by atoms with Gasteiger partial charge in [0.15, 0.2) is 5.82 Å². The summed E-state index contributed by atoms with van der Waals surface area (Å²) in [5.41, 5.74) is 0. The van der Waals surface area contributed by atoms with Crippen LogP contribution < -0.4 is 0 Å². The predicted octanol–water partition coefficient (Wildman–Crippen LogP) is 1.58. The van der Waals surface area contributed by atoms with Crippen molar-refractivity contribution < 1.29 is 0 Å². The third kappa shape index (κ3) is 2.03. The van der Waals surface area contributed by atoms with E-state index in [0.29, 0.717) is 5.82 Å². The molecule has 0 bridgehead atoms. The van der Waals surface area contributed by atoms with Crippen LogP contribution in [0.2, 0.25) is 0 Å². The van der Waals surface area contributed by atoms with E-state index in [-0.39, 0.29) is 5.03 Å². The molecule has 1 rings (SSSR count). The molecule has 0 saturated heterocycles. The minimum atomic E-state index is 0.258. The normalized spacial score (nSPS) is 10.7. The molecule has 0 atom stereocenters. The van der Waals surface area contributed by atoms with Crippen LogP contribution in [-0.2, 0) is 0 Å². The molecule has 0 aliphatic rings. The largest absolute Gasteiger partial charge is 0.236 e. The van der Waals surface area contributed by atoms with Gasteiger partial charge in [0.25, 0.3) is 0 Å². The molecule has 0 unspecified atom stereocenters. The lowest BCUT2D eigenvalue weighted by Gasteiger charge is -1.91. The zero-order valence-electron chi connectivity index (χ0n) is 5.53. The highest BCUT2D eigenvalue weighted by atomic mass is 35.5. The van der Waals surface area contributed by atoms with Gasteiger partial charge in [-0.25, -0.2) is 9.97 Å². The zero-order chi connectivity index (χ0) is 8.10. The fourth-order valence-electron chi connectivity index (χ4n) is 0.544. The number of nitrogens with zero attached hydrogens (tertiary/aromatic N) is 3. The van der Waals surface area contributed by atoms with Crippen molar-refractivity contribution in [3.8, 4) is 6.07 Å². The van der Waals surface area contributed by atoms with Crippen LogP contribution in [0.3, 0.4) is 0 Å². The van der Waals surface area contributed by atoms with Crippen LogP contribution in [0.1, 0.15) is 5.82 Å². The fourth-order valence-corrected chi connectivity index (χ4v) is 0.690. The quantitative estimate of drug-likeness (QED) is 0.594. The van der Waals surface area contributed by atoms with Gasteiger partial charge in [-0.3, -0.25) is 0 Å². The molecule has 54 valence electrons. The van der Waals surface area contributed by atoms with Crippen molar-refractivity contribution in [2.45, 2.75) is 0 Å². The van der Waals surface area contributed by atoms with Crippen molar-refractivity contribution in [3.05, 3.63) is 30.4 Å². The van der Waals surface area contributed by atoms with E-state index in [1.54, 1.807) is 24.5 Å². The Balaban J connectivity index is 2.96. The van der Waals surface area contributed by atoms with Gasteiger partial charge in [-0.05, 0) is 6.07 Å². The lowest BCUT2D eigenvalue weighted by Crippen LogP contribution is -1.86. The van der Waals surface area contributed by atoms with Crippen molar-refractivity contribution in [2.75, 3.05) is 0 Å². The molecule has 0 fully saturated rings. The number of aromatic nitrogens is 2. The van der Waals surface area contributed by atoms with Crippen LogP contribution >= 0.6 is 11.6 Å². The van der Waals surface area contributed by atoms with Gasteiger partial charge in [0.2, 0.25) is 0 Å². The van der Waals surface area contributed by atoms with Gasteiger partial charge >= 0.3 is 0 Å². The molecule has 0 amide bonds. The first-order valence-electron chi connectivity index (χ1n) is 2.87. The number of hydrogen-bond donors (Lipinski definition) is 0. The second kappa shape index (κ2) is 3.69. The standard InChI is InChI=1S/C7H4ClN3/c8-6(2-3-9)7-10-4-1-5-11-7/h1-2,4-5H/b6-2+. The molecule has 0 saturated carbocycles. The first kappa shape index (κ1) is 7.70. The predicted molar refractivity (Wildman–Crippen MR) is 41.5 cm³/mol. The van der Waals surface area contributed by atoms with Gasteiger partial charge in [-0.15, -0.1) is 0 Å². The third-order valence-electron chi connectivity index (χ3n) is 0.971. The minimum absolute atomic E-state index is 0.258. The molecule has 3 nitrogen and oxygen atoms in total. The summed E-state index contributed by atoms with van der Waals surface area (Å²) in [6.45, 7) is 0. The fraction of sp³-hybridized carbons (Fsp3) is 0. The number of halogens is 1. The van der Waals surface area contributed by atoms with Crippen molar-refractivity contribution in [3.63, 3.8) is 0 Å². The van der Waals surface area contributed by atoms with Crippen LogP contribution in [0.4, 0.5) is 0 Å². The van der Waals surface area contributed by atoms with Crippen molar-refractivity contribution in [1.82, 2.24) is 9.97 Å². The Hall–Kier alpha value is -1.40. The van der Waals surface area contributed by atoms with Gasteiger partial charge in [0, 0.05) is 18.5 Å². The Morgan fingerprint density at radius 1 is 1.55 bits per heavy atom. The average molecular weight is 166 g/mol. The summed E-state index contributed by atoms with van der Waals surface area (Å²) in [5, 5.41) is 8.49. The highest BCUT2D eigenvalue weighted by Crippen LogP contribution is 2.11. The topological polar surface area (TPSA) is 49.6 Å². The van der Waals surface area contributed by atoms with Crippen LogP contribution in [0.25, 0.3) is 5.03 Å². The van der Waals surface area contributed by atoms with Gasteiger partial charge in [0.05, 0.1) is 11.1 Å². The first-order chi connectivity index (χ1) is 5.34. The minimum Gasteiger partial charge on any atom is -0.236 e. The Kier molecular flexibility index (Phi) is 2.59. The number of hydrogen-bond acceptors (Lipinski definition) is 3. The highest BCUT2D eigenvalue weighted by molar-refractivity contribution is 6.48. The van der Waals surface area contributed by atoms with Crippen LogP contribution in [0.5, 0.6) is 0 Å². The zero-order valence-corrected chi connectivity index (χ0v) is 6.28. The number of rotatable bonds is 1. The van der Waals surface area contributed by atoms with E-state index in [1.165, 1.54) is 6.08 Å². The Morgan fingerprint density at radius 2 is 2.18 bits per heavy atom. The lowest BCUT2D eigenvalue weighted by molar-refractivity contribution is 1.13. The van der Waals surface area contributed by atoms with E-state index in [4.69, 9.17) is 16.9 Å². The number of nitriles is 1. The van der Waals surface area contributed by atoms with Gasteiger partial charge in [0.1, 0.15) is 0 Å². The maximum atomic E-state index is 8.23.